The van der Waals surface area contributed by atoms with Crippen LogP contribution in [-0.4, -0.2) is 63.6 Å². The number of nitrogens with one attached hydrogen (secondary N) is 1. The number of hydrazine groups is 1. The van der Waals surface area contributed by atoms with E-state index in [4.69, 9.17) is 16.3 Å². The molecule has 2 aromatic heterocycles. The molecule has 11 nitrogen and oxygen atoms in total. The molecule has 2 aliphatic heterocycles. The Kier molecular flexibility index (Phi) is 9.19. The van der Waals surface area contributed by atoms with Crippen LogP contribution < -0.4 is 15.1 Å². The molecule has 4 rings (SSSR count). The third-order valence-corrected chi connectivity index (χ3v) is 5.68. The zero-order valence-electron chi connectivity index (χ0n) is 20.4. The summed E-state index contributed by atoms with van der Waals surface area (Å²) in [6.07, 6.45) is 4.00. The molecule has 0 bridgehead atoms. The first-order chi connectivity index (χ1) is 17.2. The van der Waals surface area contributed by atoms with Gasteiger partial charge in [-0.2, -0.15) is 9.37 Å². The van der Waals surface area contributed by atoms with Gasteiger partial charge in [0, 0.05) is 32.4 Å². The Morgan fingerprint density at radius 3 is 2.75 bits per heavy atom. The lowest BCUT2D eigenvalue weighted by atomic mass is 9.93. The molecule has 0 spiro atoms. The number of pyridine rings is 1. The van der Waals surface area contributed by atoms with Gasteiger partial charge in [0.25, 0.3) is 11.8 Å². The molecule has 0 atom stereocenters. The standard InChI is InChI=1S/C14H18FN3O.C9H10ClN5O2/c1-4-5-8-19-13-11(15)12(16-10-17-13)18-7-6-14(2,3)9-18;10-8-2-1-7(5-12-8)6-14-4-3-11-9(14)13-15(16)17/h10H,6-9H2,1-3H3;1-2,5H,3-4,6H2,(H,11,13). The molecule has 0 radical (unpaired) electrons. The molecule has 36 heavy (non-hydrogen) atoms. The van der Waals surface area contributed by atoms with E-state index < -0.39 is 10.8 Å². The summed E-state index contributed by atoms with van der Waals surface area (Å²) in [5.74, 6) is 5.47. The minimum absolute atomic E-state index is 0.0301. The maximum Gasteiger partial charge on any atom is 0.257 e. The Balaban J connectivity index is 0.000000202. The van der Waals surface area contributed by atoms with Crippen LogP contribution in [0.4, 0.5) is 10.2 Å². The number of nitrogens with zero attached hydrogens (tertiary/aromatic N) is 7. The van der Waals surface area contributed by atoms with E-state index in [-0.39, 0.29) is 23.9 Å². The van der Waals surface area contributed by atoms with Crippen molar-refractivity contribution in [3.8, 4) is 17.7 Å². The maximum atomic E-state index is 14.3. The van der Waals surface area contributed by atoms with Gasteiger partial charge in [0.2, 0.25) is 5.82 Å². The number of ether oxygens (including phenoxy) is 1. The fraction of sp³-hybridized carbons (Fsp3) is 0.478. The fourth-order valence-electron chi connectivity index (χ4n) is 3.68. The molecule has 0 unspecified atom stereocenters. The van der Waals surface area contributed by atoms with Crippen molar-refractivity contribution in [3.05, 3.63) is 51.3 Å². The highest BCUT2D eigenvalue weighted by Crippen LogP contribution is 2.33. The monoisotopic (exact) mass is 518 g/mol. The highest BCUT2D eigenvalue weighted by molar-refractivity contribution is 6.29. The Bertz CT molecular complexity index is 1150. The van der Waals surface area contributed by atoms with Crippen molar-refractivity contribution >= 4 is 23.4 Å². The first-order valence-electron chi connectivity index (χ1n) is 11.3. The number of hydrogen-bond acceptors (Lipinski definition) is 9. The lowest BCUT2D eigenvalue weighted by Crippen LogP contribution is -2.40. The van der Waals surface area contributed by atoms with Gasteiger partial charge in [-0.25, -0.2) is 25.1 Å². The van der Waals surface area contributed by atoms with Crippen LogP contribution in [0.5, 0.6) is 5.88 Å². The van der Waals surface area contributed by atoms with Crippen molar-refractivity contribution in [2.45, 2.75) is 33.7 Å². The summed E-state index contributed by atoms with van der Waals surface area (Å²) in [6, 6.07) is 3.52. The van der Waals surface area contributed by atoms with Gasteiger partial charge in [0.1, 0.15) is 11.5 Å². The number of aliphatic imine (C=N–C) groups is 1. The van der Waals surface area contributed by atoms with Crippen LogP contribution in [0.2, 0.25) is 5.15 Å². The second-order valence-corrected chi connectivity index (χ2v) is 9.24. The van der Waals surface area contributed by atoms with Gasteiger partial charge in [-0.1, -0.05) is 42.9 Å². The molecular formula is C23H28ClFN8O3. The van der Waals surface area contributed by atoms with Crippen molar-refractivity contribution in [3.63, 3.8) is 0 Å². The average molecular weight is 519 g/mol. The average Bonchev–Trinajstić information content (AvgIpc) is 3.42. The van der Waals surface area contributed by atoms with Crippen molar-refractivity contribution in [2.75, 3.05) is 37.7 Å². The molecular weight excluding hydrogens is 491 g/mol. The summed E-state index contributed by atoms with van der Waals surface area (Å²) < 4.78 is 19.5. The molecule has 1 N–H and O–H groups in total. The highest BCUT2D eigenvalue weighted by Gasteiger charge is 2.32. The van der Waals surface area contributed by atoms with Crippen LogP contribution >= 0.6 is 11.6 Å². The smallest absolute Gasteiger partial charge is 0.257 e. The lowest BCUT2D eigenvalue weighted by molar-refractivity contribution is -0.526. The minimum Gasteiger partial charge on any atom is -0.462 e. The van der Waals surface area contributed by atoms with E-state index in [2.05, 4.69) is 51.1 Å². The fourth-order valence-corrected chi connectivity index (χ4v) is 3.79. The Morgan fingerprint density at radius 2 is 2.11 bits per heavy atom. The van der Waals surface area contributed by atoms with Crippen LogP contribution in [0.1, 0.15) is 32.8 Å². The molecule has 0 saturated carbocycles. The van der Waals surface area contributed by atoms with E-state index in [0.717, 1.165) is 25.1 Å². The summed E-state index contributed by atoms with van der Waals surface area (Å²) in [4.78, 5) is 29.9. The van der Waals surface area contributed by atoms with Crippen LogP contribution in [-0.2, 0) is 6.54 Å². The third-order valence-electron chi connectivity index (χ3n) is 5.46. The normalized spacial score (nSPS) is 15.9. The van der Waals surface area contributed by atoms with E-state index in [1.165, 1.54) is 6.33 Å². The number of aromatic nitrogens is 3. The highest BCUT2D eigenvalue weighted by atomic mass is 35.5. The summed E-state index contributed by atoms with van der Waals surface area (Å²) >= 11 is 5.68. The zero-order chi connectivity index (χ0) is 26.1. The number of guanidine groups is 1. The molecule has 0 amide bonds. The molecule has 1 saturated heterocycles. The molecule has 4 heterocycles. The van der Waals surface area contributed by atoms with Crippen LogP contribution in [0, 0.1) is 33.2 Å². The van der Waals surface area contributed by atoms with Crippen molar-refractivity contribution in [1.29, 1.82) is 0 Å². The van der Waals surface area contributed by atoms with Gasteiger partial charge in [0.05, 0.1) is 6.54 Å². The van der Waals surface area contributed by atoms with E-state index in [9.17, 15) is 14.5 Å². The molecule has 1 fully saturated rings. The van der Waals surface area contributed by atoms with Crippen molar-refractivity contribution in [1.82, 2.24) is 25.3 Å². The summed E-state index contributed by atoms with van der Waals surface area (Å²) in [5.41, 5.74) is 3.19. The van der Waals surface area contributed by atoms with Crippen LogP contribution in [0.15, 0.2) is 29.6 Å². The molecule has 0 aromatic carbocycles. The van der Waals surface area contributed by atoms with Crippen LogP contribution in [0.3, 0.4) is 0 Å². The second kappa shape index (κ2) is 12.3. The Morgan fingerprint density at radius 1 is 1.31 bits per heavy atom. The first kappa shape index (κ1) is 26.9. The Hall–Kier alpha value is -3.72. The van der Waals surface area contributed by atoms with E-state index in [1.54, 1.807) is 24.1 Å². The van der Waals surface area contributed by atoms with Crippen molar-refractivity contribution < 1.29 is 14.2 Å². The summed E-state index contributed by atoms with van der Waals surface area (Å²) in [7, 11) is 0. The summed E-state index contributed by atoms with van der Waals surface area (Å²) in [6.45, 7) is 9.48. The first-order valence-corrected chi connectivity index (χ1v) is 11.6. The predicted octanol–water partition coefficient (Wildman–Crippen LogP) is 2.94. The van der Waals surface area contributed by atoms with Gasteiger partial charge in [-0.05, 0) is 30.4 Å². The molecule has 2 aromatic rings. The number of hydrogen-bond donors (Lipinski definition) is 1. The molecule has 192 valence electrons. The SMILES string of the molecule is CC#CCOc1ncnc(N2CCC(C)(C)C2)c1F.O=[N+]([O-])NC1=NCCN1Cc1ccc(Cl)nc1. The van der Waals surface area contributed by atoms with Crippen molar-refractivity contribution in [2.24, 2.45) is 10.4 Å². The summed E-state index contributed by atoms with van der Waals surface area (Å²) in [5, 5.41) is 10.2. The zero-order valence-corrected chi connectivity index (χ0v) is 21.1. The van der Waals surface area contributed by atoms with E-state index in [1.807, 2.05) is 11.0 Å². The van der Waals surface area contributed by atoms with Gasteiger partial charge in [0.15, 0.2) is 17.5 Å². The van der Waals surface area contributed by atoms with Gasteiger partial charge >= 0.3 is 0 Å². The van der Waals surface area contributed by atoms with Crippen LogP contribution in [0.25, 0.3) is 0 Å². The molecule has 13 heteroatoms. The minimum atomic E-state index is -0.614. The predicted molar refractivity (Wildman–Crippen MR) is 134 cm³/mol. The Labute approximate surface area is 213 Å². The number of rotatable bonds is 6. The molecule has 0 aliphatic carbocycles. The number of anilines is 1. The maximum absolute atomic E-state index is 14.3. The topological polar surface area (TPSA) is 122 Å². The largest absolute Gasteiger partial charge is 0.462 e. The second-order valence-electron chi connectivity index (χ2n) is 8.85. The third kappa shape index (κ3) is 7.64. The van der Waals surface area contributed by atoms with E-state index >= 15 is 0 Å². The van der Waals surface area contributed by atoms with Gasteiger partial charge in [-0.15, -0.1) is 5.92 Å². The quantitative estimate of drug-likeness (QED) is 0.266. The van der Waals surface area contributed by atoms with Gasteiger partial charge in [-0.3, -0.25) is 0 Å². The number of halogens is 2. The van der Waals surface area contributed by atoms with Gasteiger partial charge < -0.3 is 14.5 Å². The molecule has 2 aliphatic rings. The van der Waals surface area contributed by atoms with E-state index in [0.29, 0.717) is 30.6 Å². The number of nitro groups is 1. The lowest BCUT2D eigenvalue weighted by Gasteiger charge is -2.21.